The summed E-state index contributed by atoms with van der Waals surface area (Å²) in [6.07, 6.45) is 1.44. The smallest absolute Gasteiger partial charge is 0.185 e. The normalized spacial score (nSPS) is 22.0. The van der Waals surface area contributed by atoms with Gasteiger partial charge in [-0.1, -0.05) is 37.3 Å². The molecule has 3 unspecified atom stereocenters. The van der Waals surface area contributed by atoms with Gasteiger partial charge in [0.25, 0.3) is 0 Å². The maximum Gasteiger partial charge on any atom is 0.185 e. The van der Waals surface area contributed by atoms with Crippen LogP contribution in [0.2, 0.25) is 0 Å². The number of thiazole rings is 1. The Morgan fingerprint density at radius 3 is 2.76 bits per heavy atom. The number of nitrogens with zero attached hydrogens (tertiary/aromatic N) is 2. The fourth-order valence-electron chi connectivity index (χ4n) is 2.64. The predicted molar refractivity (Wildman–Crippen MR) is 87.8 cm³/mol. The topological polar surface area (TPSA) is 36.4 Å². The maximum atomic E-state index is 10.3. The summed E-state index contributed by atoms with van der Waals surface area (Å²) >= 11 is 1.67. The molecule has 3 atom stereocenters. The van der Waals surface area contributed by atoms with E-state index in [9.17, 15) is 5.11 Å². The van der Waals surface area contributed by atoms with Gasteiger partial charge in [0.05, 0.1) is 11.8 Å². The van der Waals surface area contributed by atoms with Gasteiger partial charge in [-0.15, -0.1) is 11.3 Å². The van der Waals surface area contributed by atoms with E-state index >= 15 is 0 Å². The van der Waals surface area contributed by atoms with Crippen LogP contribution in [0, 0.1) is 11.8 Å². The van der Waals surface area contributed by atoms with Crippen molar-refractivity contribution in [3.63, 3.8) is 0 Å². The van der Waals surface area contributed by atoms with Gasteiger partial charge in [-0.3, -0.25) is 0 Å². The molecule has 1 aromatic carbocycles. The van der Waals surface area contributed by atoms with E-state index in [1.807, 2.05) is 30.3 Å². The molecule has 4 heteroatoms. The molecule has 0 aliphatic heterocycles. The first-order chi connectivity index (χ1) is 10.1. The van der Waals surface area contributed by atoms with Gasteiger partial charge in [-0.2, -0.15) is 0 Å². The molecule has 0 saturated heterocycles. The van der Waals surface area contributed by atoms with Gasteiger partial charge >= 0.3 is 0 Å². The molecule has 0 amide bonds. The Balaban J connectivity index is 1.59. The van der Waals surface area contributed by atoms with Crippen LogP contribution in [-0.2, 0) is 6.42 Å². The third kappa shape index (κ3) is 3.63. The second kappa shape index (κ2) is 6.16. The SMILES string of the molecule is CC1CC1CN(C)c1nc(CC(O)c2ccccc2)cs1. The van der Waals surface area contributed by atoms with Crippen molar-refractivity contribution in [1.82, 2.24) is 4.98 Å². The zero-order valence-corrected chi connectivity index (χ0v) is 13.4. The van der Waals surface area contributed by atoms with Crippen molar-refractivity contribution < 1.29 is 5.11 Å². The summed E-state index contributed by atoms with van der Waals surface area (Å²) < 4.78 is 0. The number of hydrogen-bond acceptors (Lipinski definition) is 4. The fraction of sp³-hybridized carbons (Fsp3) is 0.471. The first-order valence-corrected chi connectivity index (χ1v) is 8.40. The van der Waals surface area contributed by atoms with Crippen molar-refractivity contribution in [1.29, 1.82) is 0 Å². The molecule has 2 aromatic rings. The molecule has 0 radical (unpaired) electrons. The Morgan fingerprint density at radius 1 is 1.38 bits per heavy atom. The molecule has 3 nitrogen and oxygen atoms in total. The van der Waals surface area contributed by atoms with Crippen LogP contribution in [0.4, 0.5) is 5.13 Å². The minimum Gasteiger partial charge on any atom is -0.388 e. The molecular weight excluding hydrogens is 280 g/mol. The second-order valence-corrected chi connectivity index (χ2v) is 6.94. The summed E-state index contributed by atoms with van der Waals surface area (Å²) in [5.41, 5.74) is 1.93. The van der Waals surface area contributed by atoms with E-state index in [1.54, 1.807) is 11.3 Å². The summed E-state index contributed by atoms with van der Waals surface area (Å²) in [5.74, 6) is 1.70. The first-order valence-electron chi connectivity index (χ1n) is 7.52. The molecule has 0 bridgehead atoms. The Morgan fingerprint density at radius 2 is 2.10 bits per heavy atom. The van der Waals surface area contributed by atoms with Crippen molar-refractivity contribution in [3.8, 4) is 0 Å². The Hall–Kier alpha value is -1.39. The number of aliphatic hydroxyl groups excluding tert-OH is 1. The maximum absolute atomic E-state index is 10.3. The van der Waals surface area contributed by atoms with Crippen LogP contribution >= 0.6 is 11.3 Å². The molecule has 3 rings (SSSR count). The van der Waals surface area contributed by atoms with Gasteiger partial charge in [0.2, 0.25) is 0 Å². The van der Waals surface area contributed by atoms with Crippen molar-refractivity contribution in [2.45, 2.75) is 25.9 Å². The van der Waals surface area contributed by atoms with Gasteiger partial charge in [0, 0.05) is 25.4 Å². The van der Waals surface area contributed by atoms with E-state index in [2.05, 4.69) is 29.2 Å². The Kier molecular flexibility index (Phi) is 4.27. The largest absolute Gasteiger partial charge is 0.388 e. The lowest BCUT2D eigenvalue weighted by Gasteiger charge is -2.15. The lowest BCUT2D eigenvalue weighted by Crippen LogP contribution is -2.20. The van der Waals surface area contributed by atoms with Gasteiger partial charge in [0.15, 0.2) is 5.13 Å². The lowest BCUT2D eigenvalue weighted by molar-refractivity contribution is 0.177. The van der Waals surface area contributed by atoms with Gasteiger partial charge < -0.3 is 10.0 Å². The van der Waals surface area contributed by atoms with E-state index in [0.29, 0.717) is 6.42 Å². The van der Waals surface area contributed by atoms with E-state index in [4.69, 9.17) is 0 Å². The second-order valence-electron chi connectivity index (χ2n) is 6.11. The quantitative estimate of drug-likeness (QED) is 0.887. The highest BCUT2D eigenvalue weighted by Gasteiger charge is 2.33. The van der Waals surface area contributed by atoms with Crippen LogP contribution < -0.4 is 4.90 Å². The van der Waals surface area contributed by atoms with Gasteiger partial charge in [-0.25, -0.2) is 4.98 Å². The number of aromatic nitrogens is 1. The average Bonchev–Trinajstić information content (AvgIpc) is 3.00. The average molecular weight is 302 g/mol. The van der Waals surface area contributed by atoms with Crippen LogP contribution in [-0.4, -0.2) is 23.7 Å². The monoisotopic (exact) mass is 302 g/mol. The molecule has 1 aliphatic rings. The van der Waals surface area contributed by atoms with E-state index in [-0.39, 0.29) is 0 Å². The van der Waals surface area contributed by atoms with Crippen LogP contribution in [0.15, 0.2) is 35.7 Å². The highest BCUT2D eigenvalue weighted by molar-refractivity contribution is 7.13. The van der Waals surface area contributed by atoms with Crippen LogP contribution in [0.5, 0.6) is 0 Å². The number of aliphatic hydroxyl groups is 1. The Labute approximate surface area is 130 Å². The van der Waals surface area contributed by atoms with Crippen LogP contribution in [0.25, 0.3) is 0 Å². The molecule has 1 aliphatic carbocycles. The molecule has 112 valence electrons. The van der Waals surface area contributed by atoms with Crippen LogP contribution in [0.1, 0.15) is 30.7 Å². The number of anilines is 1. The summed E-state index contributed by atoms with van der Waals surface area (Å²) in [6.45, 7) is 3.40. The van der Waals surface area contributed by atoms with Gasteiger partial charge in [-0.05, 0) is 23.8 Å². The standard InChI is InChI=1S/C17H22N2OS/c1-12-8-14(12)10-19(2)17-18-15(11-21-17)9-16(20)13-6-4-3-5-7-13/h3-7,11-12,14,16,20H,8-10H2,1-2H3. The molecule has 21 heavy (non-hydrogen) atoms. The summed E-state index contributed by atoms with van der Waals surface area (Å²) in [6, 6.07) is 9.79. The van der Waals surface area contributed by atoms with E-state index in [0.717, 1.165) is 34.8 Å². The lowest BCUT2D eigenvalue weighted by atomic mass is 10.1. The molecule has 1 saturated carbocycles. The summed E-state index contributed by atoms with van der Waals surface area (Å²) in [4.78, 5) is 6.91. The summed E-state index contributed by atoms with van der Waals surface area (Å²) in [5, 5.41) is 13.4. The highest BCUT2D eigenvalue weighted by Crippen LogP contribution is 2.39. The van der Waals surface area contributed by atoms with E-state index < -0.39 is 6.10 Å². The van der Waals surface area contributed by atoms with Gasteiger partial charge in [0.1, 0.15) is 0 Å². The fourth-order valence-corrected chi connectivity index (χ4v) is 3.45. The molecule has 1 heterocycles. The van der Waals surface area contributed by atoms with Crippen LogP contribution in [0.3, 0.4) is 0 Å². The van der Waals surface area contributed by atoms with Crippen molar-refractivity contribution in [3.05, 3.63) is 47.0 Å². The third-order valence-electron chi connectivity index (χ3n) is 4.24. The minimum atomic E-state index is -0.477. The molecule has 1 fully saturated rings. The summed E-state index contributed by atoms with van der Waals surface area (Å²) in [7, 11) is 2.11. The number of hydrogen-bond donors (Lipinski definition) is 1. The number of benzene rings is 1. The molecule has 1 aromatic heterocycles. The molecule has 0 spiro atoms. The van der Waals surface area contributed by atoms with Crippen molar-refractivity contribution in [2.75, 3.05) is 18.5 Å². The van der Waals surface area contributed by atoms with Crippen molar-refractivity contribution in [2.24, 2.45) is 11.8 Å². The molecular formula is C17H22N2OS. The Bertz CT molecular complexity index is 583. The van der Waals surface area contributed by atoms with Crippen molar-refractivity contribution >= 4 is 16.5 Å². The number of rotatable bonds is 6. The molecule has 1 N–H and O–H groups in total. The first kappa shape index (κ1) is 14.5. The zero-order chi connectivity index (χ0) is 14.8. The van der Waals surface area contributed by atoms with E-state index in [1.165, 1.54) is 6.42 Å². The predicted octanol–water partition coefficient (Wildman–Crippen LogP) is 3.51. The third-order valence-corrected chi connectivity index (χ3v) is 5.24. The minimum absolute atomic E-state index is 0.477. The highest BCUT2D eigenvalue weighted by atomic mass is 32.1. The zero-order valence-electron chi connectivity index (χ0n) is 12.6.